The van der Waals surface area contributed by atoms with E-state index in [2.05, 4.69) is 39.8 Å². The van der Waals surface area contributed by atoms with E-state index in [9.17, 15) is 4.79 Å². The summed E-state index contributed by atoms with van der Waals surface area (Å²) in [7, 11) is -1.13. The third-order valence-electron chi connectivity index (χ3n) is 2.45. The van der Waals surface area contributed by atoms with Gasteiger partial charge in [-0.15, -0.1) is 9.90 Å². The molecule has 0 amide bonds. The Morgan fingerprint density at radius 2 is 2.14 bits per heavy atom. The van der Waals surface area contributed by atoms with Crippen molar-refractivity contribution in [1.29, 1.82) is 5.53 Å². The molecular formula is C11H21N6O3Si+. The highest BCUT2D eigenvalue weighted by Gasteiger charge is 2.32. The van der Waals surface area contributed by atoms with Gasteiger partial charge < -0.3 is 9.47 Å². The first-order chi connectivity index (χ1) is 9.87. The molecule has 0 aliphatic rings. The number of esters is 1. The Balaban J connectivity index is 2.56. The third kappa shape index (κ3) is 5.94. The van der Waals surface area contributed by atoms with Crippen molar-refractivity contribution in [3.8, 4) is 0 Å². The molecule has 116 valence electrons. The highest BCUT2D eigenvalue weighted by molar-refractivity contribution is 6.76. The summed E-state index contributed by atoms with van der Waals surface area (Å²) in [6.07, 6.45) is 0. The van der Waals surface area contributed by atoms with Crippen LogP contribution in [0.3, 0.4) is 0 Å². The second kappa shape index (κ2) is 7.77. The summed E-state index contributed by atoms with van der Waals surface area (Å²) in [6.45, 7) is 9.41. The Bertz CT molecular complexity index is 532. The van der Waals surface area contributed by atoms with Gasteiger partial charge in [-0.05, 0) is 18.2 Å². The van der Waals surface area contributed by atoms with Crippen molar-refractivity contribution in [2.45, 2.75) is 39.3 Å². The molecule has 0 aliphatic carbocycles. The summed E-state index contributed by atoms with van der Waals surface area (Å²) >= 11 is 0. The standard InChI is InChI=1S/C11H21N6O3Si/c1-5-20-11(18)9(13-12)10-14-16-17(15-10)8-19-6-7-21(2,3)4/h12H,5-8H2,1-4H3/q+1. The van der Waals surface area contributed by atoms with Gasteiger partial charge >= 0.3 is 11.7 Å². The van der Waals surface area contributed by atoms with Crippen LogP contribution in [0.1, 0.15) is 12.7 Å². The topological polar surface area (TPSA) is 117 Å². The number of carbonyl (C=O) groups excluding carboxylic acids is 1. The van der Waals surface area contributed by atoms with E-state index in [0.29, 0.717) is 6.61 Å². The van der Waals surface area contributed by atoms with Crippen LogP contribution in [-0.4, -0.2) is 58.0 Å². The molecule has 0 fully saturated rings. The van der Waals surface area contributed by atoms with E-state index in [1.807, 2.05) is 0 Å². The molecule has 0 saturated heterocycles. The first-order valence-electron chi connectivity index (χ1n) is 6.65. The summed E-state index contributed by atoms with van der Waals surface area (Å²) in [6, 6.07) is 1.04. The molecule has 0 bridgehead atoms. The van der Waals surface area contributed by atoms with Gasteiger partial charge in [0.1, 0.15) is 0 Å². The predicted octanol–water partition coefficient (Wildman–Crippen LogP) is 0.577. The Hall–Kier alpha value is -1.90. The molecular weight excluding hydrogens is 292 g/mol. The van der Waals surface area contributed by atoms with Gasteiger partial charge in [0, 0.05) is 14.7 Å². The average Bonchev–Trinajstić information content (AvgIpc) is 2.83. The molecule has 10 heteroatoms. The quantitative estimate of drug-likeness (QED) is 0.187. The van der Waals surface area contributed by atoms with E-state index in [4.69, 9.17) is 15.0 Å². The molecule has 1 aromatic rings. The number of tetrazole rings is 1. The van der Waals surface area contributed by atoms with Crippen molar-refractivity contribution in [2.75, 3.05) is 13.2 Å². The summed E-state index contributed by atoms with van der Waals surface area (Å²) < 4.78 is 10.2. The molecule has 1 aromatic heterocycles. The van der Waals surface area contributed by atoms with E-state index in [1.54, 1.807) is 6.92 Å². The average molecular weight is 313 g/mol. The molecule has 0 aromatic carbocycles. The molecule has 0 spiro atoms. The number of hydrogen-bond acceptors (Lipinski definition) is 7. The highest BCUT2D eigenvalue weighted by Crippen LogP contribution is 2.07. The van der Waals surface area contributed by atoms with Gasteiger partial charge in [0.15, 0.2) is 6.73 Å². The van der Waals surface area contributed by atoms with E-state index in [1.165, 1.54) is 4.80 Å². The summed E-state index contributed by atoms with van der Waals surface area (Å²) in [5.74, 6) is -0.788. The Morgan fingerprint density at radius 1 is 1.43 bits per heavy atom. The largest absolute Gasteiger partial charge is 0.495 e. The normalized spacial score (nSPS) is 11.0. The van der Waals surface area contributed by atoms with Crippen molar-refractivity contribution in [3.05, 3.63) is 5.82 Å². The van der Waals surface area contributed by atoms with Gasteiger partial charge in [0.2, 0.25) is 0 Å². The lowest BCUT2D eigenvalue weighted by atomic mass is 10.4. The van der Waals surface area contributed by atoms with E-state index >= 15 is 0 Å². The molecule has 0 saturated carbocycles. The fourth-order valence-corrected chi connectivity index (χ4v) is 2.06. The fourth-order valence-electron chi connectivity index (χ4n) is 1.30. The van der Waals surface area contributed by atoms with Gasteiger partial charge in [-0.3, -0.25) is 0 Å². The monoisotopic (exact) mass is 313 g/mol. The molecule has 0 atom stereocenters. The zero-order valence-electron chi connectivity index (χ0n) is 12.8. The number of nitrogens with zero attached hydrogens (tertiary/aromatic N) is 5. The van der Waals surface area contributed by atoms with Crippen molar-refractivity contribution < 1.29 is 19.1 Å². The second-order valence-corrected chi connectivity index (χ2v) is 11.1. The molecule has 0 aliphatic heterocycles. The Labute approximate surface area is 123 Å². The lowest BCUT2D eigenvalue weighted by Crippen LogP contribution is -2.22. The minimum Gasteiger partial charge on any atom is -0.457 e. The number of hydrogen-bond donors (Lipinski definition) is 1. The van der Waals surface area contributed by atoms with E-state index in [-0.39, 0.29) is 24.9 Å². The highest BCUT2D eigenvalue weighted by atomic mass is 28.3. The maximum Gasteiger partial charge on any atom is 0.495 e. The SMILES string of the molecule is CCOC(=O)C(=[N+]=N)c1nnn(COCC[Si](C)(C)C)n1. The van der Waals surface area contributed by atoms with Crippen LogP contribution in [0.5, 0.6) is 0 Å². The molecule has 1 heterocycles. The van der Waals surface area contributed by atoms with Gasteiger partial charge in [-0.1, -0.05) is 24.7 Å². The second-order valence-electron chi connectivity index (χ2n) is 5.51. The zero-order chi connectivity index (χ0) is 15.9. The predicted molar refractivity (Wildman–Crippen MR) is 75.6 cm³/mol. The number of ether oxygens (including phenoxy) is 2. The first-order valence-corrected chi connectivity index (χ1v) is 10.4. The zero-order valence-corrected chi connectivity index (χ0v) is 13.8. The third-order valence-corrected chi connectivity index (χ3v) is 4.15. The summed E-state index contributed by atoms with van der Waals surface area (Å²) in [5, 5.41) is 11.4. The van der Waals surface area contributed by atoms with Crippen LogP contribution in [0.2, 0.25) is 25.7 Å². The van der Waals surface area contributed by atoms with Crippen molar-refractivity contribution in [1.82, 2.24) is 20.2 Å². The molecule has 0 radical (unpaired) electrons. The summed E-state index contributed by atoms with van der Waals surface area (Å²) in [5.41, 5.74) is 6.72. The van der Waals surface area contributed by atoms with Gasteiger partial charge in [-0.25, -0.2) is 4.79 Å². The smallest absolute Gasteiger partial charge is 0.457 e. The van der Waals surface area contributed by atoms with Crippen molar-refractivity contribution in [2.24, 2.45) is 0 Å². The Kier molecular flexibility index (Phi) is 6.34. The van der Waals surface area contributed by atoms with E-state index < -0.39 is 14.0 Å². The molecule has 21 heavy (non-hydrogen) atoms. The minimum atomic E-state index is -1.13. The summed E-state index contributed by atoms with van der Waals surface area (Å²) in [4.78, 5) is 15.8. The van der Waals surface area contributed by atoms with Crippen molar-refractivity contribution in [3.63, 3.8) is 0 Å². The minimum absolute atomic E-state index is 0.0442. The lowest BCUT2D eigenvalue weighted by Gasteiger charge is -2.14. The number of rotatable bonds is 8. The number of nitrogens with one attached hydrogen (secondary N) is 1. The van der Waals surface area contributed by atoms with Crippen LogP contribution >= 0.6 is 0 Å². The van der Waals surface area contributed by atoms with Crippen molar-refractivity contribution >= 4 is 19.8 Å². The Morgan fingerprint density at radius 3 is 2.71 bits per heavy atom. The number of aromatic nitrogens is 4. The maximum absolute atomic E-state index is 11.5. The first kappa shape index (κ1) is 17.1. The van der Waals surface area contributed by atoms with Gasteiger partial charge in [-0.2, -0.15) is 0 Å². The molecule has 1 rings (SSSR count). The van der Waals surface area contributed by atoms with Gasteiger partial charge in [0.05, 0.1) is 16.9 Å². The van der Waals surface area contributed by atoms with Crippen LogP contribution in [0.25, 0.3) is 0 Å². The molecule has 1 N–H and O–H groups in total. The van der Waals surface area contributed by atoms with Crippen LogP contribution < -0.4 is 0 Å². The van der Waals surface area contributed by atoms with Crippen LogP contribution in [-0.2, 0) is 21.0 Å². The fraction of sp³-hybridized carbons (Fsp3) is 0.727. The number of carbonyl (C=O) groups is 1. The van der Waals surface area contributed by atoms with Crippen LogP contribution in [0.15, 0.2) is 0 Å². The van der Waals surface area contributed by atoms with Crippen LogP contribution in [0, 0.1) is 5.53 Å². The van der Waals surface area contributed by atoms with E-state index in [0.717, 1.165) is 6.04 Å². The molecule has 0 unspecified atom stereocenters. The maximum atomic E-state index is 11.5. The molecule has 9 nitrogen and oxygen atoms in total. The van der Waals surface area contributed by atoms with Gasteiger partial charge in [0.25, 0.3) is 5.82 Å². The lowest BCUT2D eigenvalue weighted by molar-refractivity contribution is -0.152. The van der Waals surface area contributed by atoms with Crippen LogP contribution in [0.4, 0.5) is 0 Å².